The van der Waals surface area contributed by atoms with Gasteiger partial charge in [-0.1, -0.05) is 25.1 Å². The molecule has 178 valence electrons. The number of ether oxygens (including phenoxy) is 1. The highest BCUT2D eigenvalue weighted by molar-refractivity contribution is 5.94. The standard InChI is InChI=1S/C25H24N6O4/c1-3-23-28-24(22-12-11-21(35-2)16-27-22)30(29-23)20-6-4-5-18(15-20)25(32)26-14-13-17-7-9-19(10-8-17)31(33)34/h4-12,15-16H,3,13-14H2,1-2H3,(H,26,32). The molecule has 1 amide bonds. The summed E-state index contributed by atoms with van der Waals surface area (Å²) in [5, 5.41) is 18.3. The summed E-state index contributed by atoms with van der Waals surface area (Å²) in [5.41, 5.74) is 2.74. The number of amides is 1. The molecule has 0 atom stereocenters. The number of benzene rings is 2. The predicted octanol–water partition coefficient (Wildman–Crippen LogP) is 3.78. The number of nitrogens with zero attached hydrogens (tertiary/aromatic N) is 5. The first-order chi connectivity index (χ1) is 17.0. The van der Waals surface area contributed by atoms with E-state index in [-0.39, 0.29) is 11.6 Å². The molecule has 2 aromatic heterocycles. The van der Waals surface area contributed by atoms with E-state index >= 15 is 0 Å². The van der Waals surface area contributed by atoms with Crippen molar-refractivity contribution in [3.63, 3.8) is 0 Å². The second-order valence-electron chi connectivity index (χ2n) is 7.68. The van der Waals surface area contributed by atoms with Gasteiger partial charge in [0.1, 0.15) is 11.4 Å². The first-order valence-electron chi connectivity index (χ1n) is 11.1. The Bertz CT molecular complexity index is 1330. The first-order valence-corrected chi connectivity index (χ1v) is 11.1. The summed E-state index contributed by atoms with van der Waals surface area (Å²) < 4.78 is 6.87. The van der Waals surface area contributed by atoms with E-state index in [0.717, 1.165) is 5.56 Å². The highest BCUT2D eigenvalue weighted by Gasteiger charge is 2.16. The highest BCUT2D eigenvalue weighted by Crippen LogP contribution is 2.22. The largest absolute Gasteiger partial charge is 0.495 e. The van der Waals surface area contributed by atoms with Gasteiger partial charge in [-0.15, -0.1) is 0 Å². The van der Waals surface area contributed by atoms with E-state index in [1.54, 1.807) is 48.3 Å². The van der Waals surface area contributed by atoms with Crippen LogP contribution in [0.25, 0.3) is 17.2 Å². The number of hydrogen-bond acceptors (Lipinski definition) is 7. The van der Waals surface area contributed by atoms with Crippen molar-refractivity contribution in [2.45, 2.75) is 19.8 Å². The Labute approximate surface area is 201 Å². The molecule has 4 rings (SSSR count). The normalized spacial score (nSPS) is 10.7. The van der Waals surface area contributed by atoms with Crippen LogP contribution in [0.1, 0.15) is 28.7 Å². The number of carbonyl (C=O) groups is 1. The average molecular weight is 473 g/mol. The number of carbonyl (C=O) groups excluding carboxylic acids is 1. The average Bonchev–Trinajstić information content (AvgIpc) is 3.34. The van der Waals surface area contributed by atoms with Gasteiger partial charge in [-0.3, -0.25) is 14.9 Å². The van der Waals surface area contributed by atoms with Gasteiger partial charge in [0.25, 0.3) is 11.6 Å². The van der Waals surface area contributed by atoms with Gasteiger partial charge in [0, 0.05) is 30.7 Å². The number of pyridine rings is 1. The van der Waals surface area contributed by atoms with Crippen molar-refractivity contribution in [3.8, 4) is 23.0 Å². The minimum absolute atomic E-state index is 0.0400. The van der Waals surface area contributed by atoms with Gasteiger partial charge in [0.2, 0.25) is 0 Å². The molecule has 0 bridgehead atoms. The number of nitrogens with one attached hydrogen (secondary N) is 1. The summed E-state index contributed by atoms with van der Waals surface area (Å²) in [7, 11) is 1.58. The molecule has 4 aromatic rings. The number of nitro benzene ring substituents is 1. The Morgan fingerprint density at radius 1 is 1.14 bits per heavy atom. The number of aromatic nitrogens is 4. The molecule has 0 radical (unpaired) electrons. The fourth-order valence-corrected chi connectivity index (χ4v) is 3.47. The molecule has 0 saturated heterocycles. The molecule has 0 aliphatic rings. The van der Waals surface area contributed by atoms with Gasteiger partial charge in [0.05, 0.1) is 23.9 Å². The van der Waals surface area contributed by atoms with Gasteiger partial charge in [-0.25, -0.2) is 14.6 Å². The molecule has 0 aliphatic carbocycles. The second kappa shape index (κ2) is 10.6. The van der Waals surface area contributed by atoms with Crippen molar-refractivity contribution in [1.29, 1.82) is 0 Å². The lowest BCUT2D eigenvalue weighted by atomic mass is 10.1. The predicted molar refractivity (Wildman–Crippen MR) is 130 cm³/mol. The smallest absolute Gasteiger partial charge is 0.269 e. The number of hydrogen-bond donors (Lipinski definition) is 1. The maximum atomic E-state index is 12.8. The van der Waals surface area contributed by atoms with Gasteiger partial charge in [-0.05, 0) is 42.3 Å². The fourth-order valence-electron chi connectivity index (χ4n) is 3.47. The molecule has 10 heteroatoms. The summed E-state index contributed by atoms with van der Waals surface area (Å²) in [6.07, 6.45) is 2.83. The van der Waals surface area contributed by atoms with Gasteiger partial charge in [-0.2, -0.15) is 5.10 Å². The van der Waals surface area contributed by atoms with Crippen LogP contribution in [0, 0.1) is 10.1 Å². The zero-order valence-electron chi connectivity index (χ0n) is 19.3. The van der Waals surface area contributed by atoms with Gasteiger partial charge in [0.15, 0.2) is 11.6 Å². The Morgan fingerprint density at radius 2 is 1.94 bits per heavy atom. The van der Waals surface area contributed by atoms with Crippen molar-refractivity contribution >= 4 is 11.6 Å². The van der Waals surface area contributed by atoms with Crippen LogP contribution in [-0.2, 0) is 12.8 Å². The van der Waals surface area contributed by atoms with Crippen LogP contribution in [0.3, 0.4) is 0 Å². The van der Waals surface area contributed by atoms with Crippen LogP contribution in [0.15, 0.2) is 66.9 Å². The minimum atomic E-state index is -0.437. The topological polar surface area (TPSA) is 125 Å². The highest BCUT2D eigenvalue weighted by atomic mass is 16.6. The third kappa shape index (κ3) is 5.49. The number of methoxy groups -OCH3 is 1. The Hall–Kier alpha value is -4.60. The van der Waals surface area contributed by atoms with E-state index in [4.69, 9.17) is 4.74 Å². The lowest BCUT2D eigenvalue weighted by molar-refractivity contribution is -0.384. The molecule has 0 unspecified atom stereocenters. The van der Waals surface area contributed by atoms with E-state index < -0.39 is 4.92 Å². The van der Waals surface area contributed by atoms with Crippen LogP contribution < -0.4 is 10.1 Å². The number of non-ortho nitro benzene ring substituents is 1. The van der Waals surface area contributed by atoms with Crippen molar-refractivity contribution in [2.24, 2.45) is 0 Å². The molecular formula is C25H24N6O4. The first kappa shape index (κ1) is 23.6. The van der Waals surface area contributed by atoms with Crippen LogP contribution in [0.4, 0.5) is 5.69 Å². The lowest BCUT2D eigenvalue weighted by Crippen LogP contribution is -2.25. The number of aryl methyl sites for hydroxylation is 1. The van der Waals surface area contributed by atoms with Crippen molar-refractivity contribution < 1.29 is 14.5 Å². The molecule has 0 saturated carbocycles. The molecule has 1 N–H and O–H groups in total. The number of nitro groups is 1. The van der Waals surface area contributed by atoms with Crippen LogP contribution in [-0.4, -0.2) is 44.2 Å². The molecule has 2 aromatic carbocycles. The quantitative estimate of drug-likeness (QED) is 0.290. The third-order valence-corrected chi connectivity index (χ3v) is 5.37. The molecule has 0 spiro atoms. The van der Waals surface area contributed by atoms with Crippen LogP contribution in [0.5, 0.6) is 5.75 Å². The molecule has 0 aliphatic heterocycles. The Morgan fingerprint density at radius 3 is 2.60 bits per heavy atom. The summed E-state index contributed by atoms with van der Waals surface area (Å²) in [5.74, 6) is 1.65. The summed E-state index contributed by atoms with van der Waals surface area (Å²) in [4.78, 5) is 32.2. The van der Waals surface area contributed by atoms with Crippen molar-refractivity contribution in [1.82, 2.24) is 25.1 Å². The van der Waals surface area contributed by atoms with E-state index in [1.807, 2.05) is 25.1 Å². The Kier molecular flexibility index (Phi) is 7.10. The summed E-state index contributed by atoms with van der Waals surface area (Å²) in [6, 6.07) is 17.0. The van der Waals surface area contributed by atoms with Crippen molar-refractivity contribution in [2.75, 3.05) is 13.7 Å². The van der Waals surface area contributed by atoms with Crippen LogP contribution >= 0.6 is 0 Å². The maximum absolute atomic E-state index is 12.8. The lowest BCUT2D eigenvalue weighted by Gasteiger charge is -2.09. The number of rotatable bonds is 9. The zero-order chi connectivity index (χ0) is 24.8. The second-order valence-corrected chi connectivity index (χ2v) is 7.68. The fraction of sp³-hybridized carbons (Fsp3) is 0.200. The van der Waals surface area contributed by atoms with E-state index in [0.29, 0.717) is 53.7 Å². The molecule has 10 nitrogen and oxygen atoms in total. The molecular weight excluding hydrogens is 448 g/mol. The molecule has 2 heterocycles. The Balaban J connectivity index is 1.50. The van der Waals surface area contributed by atoms with Crippen molar-refractivity contribution in [3.05, 3.63) is 93.9 Å². The van der Waals surface area contributed by atoms with E-state index in [9.17, 15) is 14.9 Å². The molecule has 0 fully saturated rings. The minimum Gasteiger partial charge on any atom is -0.495 e. The van der Waals surface area contributed by atoms with E-state index in [2.05, 4.69) is 20.4 Å². The third-order valence-electron chi connectivity index (χ3n) is 5.37. The SMILES string of the molecule is CCc1nc(-c2ccc(OC)cn2)n(-c2cccc(C(=O)NCCc3ccc([N+](=O)[O-])cc3)c2)n1. The van der Waals surface area contributed by atoms with E-state index in [1.165, 1.54) is 12.1 Å². The monoisotopic (exact) mass is 472 g/mol. The zero-order valence-corrected chi connectivity index (χ0v) is 19.3. The van der Waals surface area contributed by atoms with Crippen LogP contribution in [0.2, 0.25) is 0 Å². The summed E-state index contributed by atoms with van der Waals surface area (Å²) >= 11 is 0. The van der Waals surface area contributed by atoms with Gasteiger partial charge < -0.3 is 10.1 Å². The van der Waals surface area contributed by atoms with Gasteiger partial charge >= 0.3 is 0 Å². The summed E-state index contributed by atoms with van der Waals surface area (Å²) in [6.45, 7) is 2.37. The maximum Gasteiger partial charge on any atom is 0.269 e. The molecule has 35 heavy (non-hydrogen) atoms.